The first-order valence-corrected chi connectivity index (χ1v) is 6.51. The second-order valence-electron chi connectivity index (χ2n) is 4.83. The number of methoxy groups -OCH3 is 2. The molecular weight excluding hydrogens is 276 g/mol. The third kappa shape index (κ3) is 3.18. The highest BCUT2D eigenvalue weighted by molar-refractivity contribution is 6.01. The summed E-state index contributed by atoms with van der Waals surface area (Å²) >= 11 is 0. The van der Waals surface area contributed by atoms with E-state index in [4.69, 9.17) is 9.47 Å². The van der Waals surface area contributed by atoms with Gasteiger partial charge in [0.1, 0.15) is 0 Å². The molecule has 1 fully saturated rings. The molecule has 7 nitrogen and oxygen atoms in total. The lowest BCUT2D eigenvalue weighted by Gasteiger charge is -2.19. The lowest BCUT2D eigenvalue weighted by atomic mass is 10.1. The highest BCUT2D eigenvalue weighted by atomic mass is 16.5. The number of carboxylic acids is 1. The Hall–Kier alpha value is -2.44. The highest BCUT2D eigenvalue weighted by Crippen LogP contribution is 2.34. The lowest BCUT2D eigenvalue weighted by molar-refractivity contribution is 0.0697. The van der Waals surface area contributed by atoms with Crippen molar-refractivity contribution in [3.05, 3.63) is 17.7 Å². The second kappa shape index (κ2) is 5.90. The first-order chi connectivity index (χ1) is 9.97. The van der Waals surface area contributed by atoms with Crippen molar-refractivity contribution in [2.75, 3.05) is 26.6 Å². The molecule has 0 radical (unpaired) electrons. The summed E-state index contributed by atoms with van der Waals surface area (Å²) in [6.45, 7) is 0. The Labute approximate surface area is 122 Å². The van der Waals surface area contributed by atoms with Gasteiger partial charge in [-0.1, -0.05) is 0 Å². The van der Waals surface area contributed by atoms with Crippen LogP contribution in [-0.2, 0) is 0 Å². The molecule has 2 amide bonds. The van der Waals surface area contributed by atoms with Gasteiger partial charge >= 0.3 is 12.0 Å². The number of ether oxygens (including phenoxy) is 2. The van der Waals surface area contributed by atoms with Crippen LogP contribution in [0.25, 0.3) is 0 Å². The number of aromatic carboxylic acids is 1. The van der Waals surface area contributed by atoms with E-state index in [-0.39, 0.29) is 23.3 Å². The quantitative estimate of drug-likeness (QED) is 0.867. The van der Waals surface area contributed by atoms with E-state index in [1.54, 1.807) is 11.9 Å². The Morgan fingerprint density at radius 1 is 1.24 bits per heavy atom. The highest BCUT2D eigenvalue weighted by Gasteiger charge is 2.30. The van der Waals surface area contributed by atoms with Crippen LogP contribution in [0, 0.1) is 0 Å². The summed E-state index contributed by atoms with van der Waals surface area (Å²) in [5.41, 5.74) is 0.128. The number of nitrogens with one attached hydrogen (secondary N) is 1. The summed E-state index contributed by atoms with van der Waals surface area (Å²) in [5.74, 6) is -0.504. The normalized spacial score (nSPS) is 13.5. The summed E-state index contributed by atoms with van der Waals surface area (Å²) in [6.07, 6.45) is 1.95. The molecule has 0 atom stereocenters. The van der Waals surface area contributed by atoms with Gasteiger partial charge in [0, 0.05) is 25.2 Å². The Kier molecular flexibility index (Phi) is 4.21. The number of rotatable bonds is 5. The van der Waals surface area contributed by atoms with E-state index in [1.807, 2.05) is 0 Å². The first-order valence-electron chi connectivity index (χ1n) is 6.51. The van der Waals surface area contributed by atoms with Gasteiger partial charge in [-0.15, -0.1) is 0 Å². The van der Waals surface area contributed by atoms with Crippen molar-refractivity contribution in [3.63, 3.8) is 0 Å². The van der Waals surface area contributed by atoms with Crippen LogP contribution < -0.4 is 14.8 Å². The number of hydrogen-bond acceptors (Lipinski definition) is 4. The molecule has 2 rings (SSSR count). The largest absolute Gasteiger partial charge is 0.493 e. The Morgan fingerprint density at radius 3 is 2.29 bits per heavy atom. The number of nitrogens with zero attached hydrogens (tertiary/aromatic N) is 1. The molecule has 0 unspecified atom stereocenters. The fourth-order valence-corrected chi connectivity index (χ4v) is 1.99. The summed E-state index contributed by atoms with van der Waals surface area (Å²) in [5, 5.41) is 11.9. The van der Waals surface area contributed by atoms with E-state index in [0.29, 0.717) is 11.5 Å². The molecule has 1 aliphatic rings. The van der Waals surface area contributed by atoms with E-state index in [0.717, 1.165) is 12.8 Å². The van der Waals surface area contributed by atoms with Crippen molar-refractivity contribution in [2.24, 2.45) is 0 Å². The number of hydrogen-bond donors (Lipinski definition) is 2. The van der Waals surface area contributed by atoms with Crippen LogP contribution in [0.2, 0.25) is 0 Å². The summed E-state index contributed by atoms with van der Waals surface area (Å²) < 4.78 is 10.2. The molecule has 0 aliphatic heterocycles. The predicted octanol–water partition coefficient (Wildman–Crippen LogP) is 2.03. The molecule has 1 saturated carbocycles. The van der Waals surface area contributed by atoms with E-state index in [2.05, 4.69) is 5.32 Å². The molecule has 0 spiro atoms. The smallest absolute Gasteiger partial charge is 0.337 e. The number of carbonyl (C=O) groups is 2. The molecule has 1 aliphatic carbocycles. The Bertz CT molecular complexity index is 569. The van der Waals surface area contributed by atoms with Gasteiger partial charge in [-0.3, -0.25) is 0 Å². The molecule has 7 heteroatoms. The molecular formula is C14H18N2O5. The van der Waals surface area contributed by atoms with Gasteiger partial charge in [0.15, 0.2) is 11.5 Å². The average Bonchev–Trinajstić information content (AvgIpc) is 3.30. The molecule has 114 valence electrons. The van der Waals surface area contributed by atoms with Crippen LogP contribution in [0.4, 0.5) is 10.5 Å². The van der Waals surface area contributed by atoms with E-state index >= 15 is 0 Å². The topological polar surface area (TPSA) is 88.1 Å². The number of carbonyl (C=O) groups excluding carboxylic acids is 1. The predicted molar refractivity (Wildman–Crippen MR) is 76.3 cm³/mol. The third-order valence-electron chi connectivity index (χ3n) is 3.41. The Morgan fingerprint density at radius 2 is 1.81 bits per heavy atom. The molecule has 0 heterocycles. The monoisotopic (exact) mass is 294 g/mol. The van der Waals surface area contributed by atoms with Crippen LogP contribution in [0.5, 0.6) is 11.5 Å². The van der Waals surface area contributed by atoms with E-state index < -0.39 is 5.97 Å². The van der Waals surface area contributed by atoms with Crippen molar-refractivity contribution in [2.45, 2.75) is 18.9 Å². The van der Waals surface area contributed by atoms with Gasteiger partial charge < -0.3 is 24.8 Å². The molecule has 1 aromatic rings. The van der Waals surface area contributed by atoms with Crippen molar-refractivity contribution in [1.82, 2.24) is 4.90 Å². The molecule has 2 N–H and O–H groups in total. The zero-order valence-corrected chi connectivity index (χ0v) is 12.2. The minimum Gasteiger partial charge on any atom is -0.493 e. The zero-order valence-electron chi connectivity index (χ0n) is 12.2. The van der Waals surface area contributed by atoms with Crippen LogP contribution >= 0.6 is 0 Å². The SMILES string of the molecule is COc1cc(NC(=O)N(C)C2CC2)c(C(=O)O)cc1OC. The number of benzene rings is 1. The molecule has 1 aromatic carbocycles. The van der Waals surface area contributed by atoms with Gasteiger partial charge in [0.2, 0.25) is 0 Å². The summed E-state index contributed by atoms with van der Waals surface area (Å²) in [6, 6.07) is 2.67. The molecule has 0 aromatic heterocycles. The van der Waals surface area contributed by atoms with Crippen LogP contribution in [0.1, 0.15) is 23.2 Å². The third-order valence-corrected chi connectivity index (χ3v) is 3.41. The van der Waals surface area contributed by atoms with Gasteiger partial charge in [-0.05, 0) is 12.8 Å². The minimum absolute atomic E-state index is 0.0507. The summed E-state index contributed by atoms with van der Waals surface area (Å²) in [7, 11) is 4.55. The van der Waals surface area contributed by atoms with Gasteiger partial charge in [-0.25, -0.2) is 9.59 Å². The molecule has 0 bridgehead atoms. The van der Waals surface area contributed by atoms with Gasteiger partial charge in [0.25, 0.3) is 0 Å². The van der Waals surface area contributed by atoms with Crippen molar-refractivity contribution in [3.8, 4) is 11.5 Å². The van der Waals surface area contributed by atoms with E-state index in [1.165, 1.54) is 26.4 Å². The second-order valence-corrected chi connectivity index (χ2v) is 4.83. The number of amides is 2. The van der Waals surface area contributed by atoms with Crippen molar-refractivity contribution in [1.29, 1.82) is 0 Å². The first kappa shape index (κ1) is 15.0. The summed E-state index contributed by atoms with van der Waals surface area (Å²) in [4.78, 5) is 25.0. The lowest BCUT2D eigenvalue weighted by Crippen LogP contribution is -2.33. The standard InChI is InChI=1S/C14H18N2O5/c1-16(8-4-5-8)14(19)15-10-7-12(21-3)11(20-2)6-9(10)13(17)18/h6-8H,4-5H2,1-3H3,(H,15,19)(H,17,18). The maximum absolute atomic E-state index is 12.1. The van der Waals surface area contributed by atoms with Crippen LogP contribution in [-0.4, -0.2) is 49.3 Å². The number of carboxylic acid groups (broad SMARTS) is 1. The molecule has 0 saturated heterocycles. The Balaban J connectivity index is 2.31. The van der Waals surface area contributed by atoms with Crippen LogP contribution in [0.15, 0.2) is 12.1 Å². The van der Waals surface area contributed by atoms with Gasteiger partial charge in [0.05, 0.1) is 25.5 Å². The van der Waals surface area contributed by atoms with Gasteiger partial charge in [-0.2, -0.15) is 0 Å². The number of anilines is 1. The van der Waals surface area contributed by atoms with Crippen molar-refractivity contribution < 1.29 is 24.2 Å². The van der Waals surface area contributed by atoms with Crippen molar-refractivity contribution >= 4 is 17.7 Å². The van der Waals surface area contributed by atoms with E-state index in [9.17, 15) is 14.7 Å². The maximum Gasteiger partial charge on any atom is 0.337 e. The molecule has 21 heavy (non-hydrogen) atoms. The maximum atomic E-state index is 12.1. The average molecular weight is 294 g/mol. The zero-order chi connectivity index (χ0) is 15.6. The minimum atomic E-state index is -1.15. The number of urea groups is 1. The fraction of sp³-hybridized carbons (Fsp3) is 0.429. The van der Waals surface area contributed by atoms with Crippen LogP contribution in [0.3, 0.4) is 0 Å². The fourth-order valence-electron chi connectivity index (χ4n) is 1.99.